The minimum Gasteiger partial charge on any atom is -0.360 e. The van der Waals surface area contributed by atoms with E-state index in [1.165, 1.54) is 26.9 Å². The molecule has 0 spiro atoms. The fourth-order valence-corrected chi connectivity index (χ4v) is 2.27. The van der Waals surface area contributed by atoms with E-state index in [-0.39, 0.29) is 0 Å². The molecule has 0 fully saturated rings. The molecule has 0 saturated heterocycles. The largest absolute Gasteiger partial charge is 0.360 e. The molecule has 0 aliphatic rings. The SMILES string of the molecule is CSc1c[nH]c2ccc(C)c(C)c12. The molecule has 1 aromatic carbocycles. The van der Waals surface area contributed by atoms with Crippen molar-refractivity contribution in [3.8, 4) is 0 Å². The molecule has 0 aliphatic carbocycles. The molecule has 0 unspecified atom stereocenters. The van der Waals surface area contributed by atoms with Crippen LogP contribution in [0.5, 0.6) is 0 Å². The summed E-state index contributed by atoms with van der Waals surface area (Å²) in [6.45, 7) is 4.34. The number of hydrogen-bond acceptors (Lipinski definition) is 1. The molecule has 0 saturated carbocycles. The molecule has 2 rings (SSSR count). The van der Waals surface area contributed by atoms with Gasteiger partial charge in [-0.15, -0.1) is 11.8 Å². The van der Waals surface area contributed by atoms with E-state index in [0.29, 0.717) is 0 Å². The fraction of sp³-hybridized carbons (Fsp3) is 0.273. The summed E-state index contributed by atoms with van der Waals surface area (Å²) in [5.41, 5.74) is 4.00. The zero-order valence-electron chi connectivity index (χ0n) is 8.14. The van der Waals surface area contributed by atoms with Crippen molar-refractivity contribution in [1.82, 2.24) is 4.98 Å². The van der Waals surface area contributed by atoms with Crippen LogP contribution in [0.1, 0.15) is 11.1 Å². The highest BCUT2D eigenvalue weighted by Crippen LogP contribution is 2.30. The Balaban J connectivity index is 2.85. The van der Waals surface area contributed by atoms with Crippen LogP contribution >= 0.6 is 11.8 Å². The molecule has 1 aromatic heterocycles. The second kappa shape index (κ2) is 3.11. The molecule has 2 aromatic rings. The molecule has 0 atom stereocenters. The monoisotopic (exact) mass is 191 g/mol. The second-order valence-electron chi connectivity index (χ2n) is 3.29. The molecule has 0 bridgehead atoms. The van der Waals surface area contributed by atoms with Gasteiger partial charge in [-0.1, -0.05) is 6.07 Å². The molecular formula is C11H13NS. The lowest BCUT2D eigenvalue weighted by Crippen LogP contribution is -1.81. The Morgan fingerprint density at radius 3 is 2.69 bits per heavy atom. The van der Waals surface area contributed by atoms with E-state index >= 15 is 0 Å². The van der Waals surface area contributed by atoms with Crippen LogP contribution in [0, 0.1) is 13.8 Å². The van der Waals surface area contributed by atoms with Crippen molar-refractivity contribution < 1.29 is 0 Å². The third kappa shape index (κ3) is 1.25. The Kier molecular flexibility index (Phi) is 2.08. The maximum Gasteiger partial charge on any atom is 0.0468 e. The van der Waals surface area contributed by atoms with Crippen molar-refractivity contribution in [3.63, 3.8) is 0 Å². The van der Waals surface area contributed by atoms with Gasteiger partial charge in [0.05, 0.1) is 0 Å². The average molecular weight is 191 g/mol. The molecule has 68 valence electrons. The average Bonchev–Trinajstić information content (AvgIpc) is 2.55. The van der Waals surface area contributed by atoms with Gasteiger partial charge in [0.15, 0.2) is 0 Å². The van der Waals surface area contributed by atoms with Crippen LogP contribution < -0.4 is 0 Å². The number of rotatable bonds is 1. The van der Waals surface area contributed by atoms with E-state index in [4.69, 9.17) is 0 Å². The Hall–Kier alpha value is -0.890. The van der Waals surface area contributed by atoms with Crippen LogP contribution in [0.3, 0.4) is 0 Å². The molecule has 1 nitrogen and oxygen atoms in total. The van der Waals surface area contributed by atoms with E-state index in [2.05, 4.69) is 43.4 Å². The number of fused-ring (bicyclic) bond motifs is 1. The van der Waals surface area contributed by atoms with Gasteiger partial charge in [0, 0.05) is 22.0 Å². The van der Waals surface area contributed by atoms with Gasteiger partial charge < -0.3 is 4.98 Å². The quantitative estimate of drug-likeness (QED) is 0.682. The lowest BCUT2D eigenvalue weighted by Gasteiger charge is -2.02. The summed E-state index contributed by atoms with van der Waals surface area (Å²) < 4.78 is 0. The highest BCUT2D eigenvalue weighted by Gasteiger charge is 2.06. The molecule has 0 radical (unpaired) electrons. The van der Waals surface area contributed by atoms with E-state index in [1.54, 1.807) is 11.8 Å². The Bertz CT molecular complexity index is 443. The minimum atomic E-state index is 1.24. The maximum atomic E-state index is 3.29. The summed E-state index contributed by atoms with van der Waals surface area (Å²) in [7, 11) is 0. The van der Waals surface area contributed by atoms with Crippen molar-refractivity contribution in [1.29, 1.82) is 0 Å². The van der Waals surface area contributed by atoms with Gasteiger partial charge in [-0.05, 0) is 37.3 Å². The zero-order chi connectivity index (χ0) is 9.42. The number of nitrogens with one attached hydrogen (secondary N) is 1. The van der Waals surface area contributed by atoms with Crippen LogP contribution in [-0.2, 0) is 0 Å². The normalized spacial score (nSPS) is 11.0. The number of H-pyrrole nitrogens is 1. The summed E-state index contributed by atoms with van der Waals surface area (Å²) in [4.78, 5) is 4.63. The molecular weight excluding hydrogens is 178 g/mol. The van der Waals surface area contributed by atoms with Gasteiger partial charge in [-0.3, -0.25) is 0 Å². The molecule has 2 heteroatoms. The highest BCUT2D eigenvalue weighted by atomic mass is 32.2. The summed E-state index contributed by atoms with van der Waals surface area (Å²) in [5.74, 6) is 0. The molecule has 1 heterocycles. The lowest BCUT2D eigenvalue weighted by molar-refractivity contribution is 1.37. The molecule has 0 aliphatic heterocycles. The third-order valence-electron chi connectivity index (χ3n) is 2.56. The first kappa shape index (κ1) is 8.70. The smallest absolute Gasteiger partial charge is 0.0468 e. The first-order chi connectivity index (χ1) is 6.24. The summed E-state index contributed by atoms with van der Waals surface area (Å²) >= 11 is 1.80. The number of aryl methyl sites for hydroxylation is 2. The topological polar surface area (TPSA) is 15.8 Å². The van der Waals surface area contributed by atoms with Crippen LogP contribution in [0.2, 0.25) is 0 Å². The van der Waals surface area contributed by atoms with Crippen LogP contribution in [0.25, 0.3) is 10.9 Å². The van der Waals surface area contributed by atoms with Gasteiger partial charge >= 0.3 is 0 Å². The predicted molar refractivity (Wildman–Crippen MR) is 59.6 cm³/mol. The second-order valence-corrected chi connectivity index (χ2v) is 4.14. The number of aromatic nitrogens is 1. The predicted octanol–water partition coefficient (Wildman–Crippen LogP) is 3.51. The first-order valence-electron chi connectivity index (χ1n) is 4.35. The summed E-state index contributed by atoms with van der Waals surface area (Å²) in [6.07, 6.45) is 4.20. The van der Waals surface area contributed by atoms with Crippen LogP contribution in [-0.4, -0.2) is 11.2 Å². The molecule has 0 amide bonds. The van der Waals surface area contributed by atoms with Crippen molar-refractivity contribution >= 4 is 22.7 Å². The van der Waals surface area contributed by atoms with Crippen molar-refractivity contribution in [2.45, 2.75) is 18.7 Å². The van der Waals surface area contributed by atoms with Gasteiger partial charge in [0.25, 0.3) is 0 Å². The highest BCUT2D eigenvalue weighted by molar-refractivity contribution is 7.98. The standard InChI is InChI=1S/C11H13NS/c1-7-4-5-9-11(8(7)2)10(13-3)6-12-9/h4-6,12H,1-3H3. The minimum absolute atomic E-state index is 1.24. The molecule has 1 N–H and O–H groups in total. The van der Waals surface area contributed by atoms with Crippen molar-refractivity contribution in [2.75, 3.05) is 6.26 Å². The zero-order valence-corrected chi connectivity index (χ0v) is 8.96. The Labute approximate surface area is 82.5 Å². The van der Waals surface area contributed by atoms with Gasteiger partial charge in [-0.25, -0.2) is 0 Å². The number of aromatic amines is 1. The number of benzene rings is 1. The first-order valence-corrected chi connectivity index (χ1v) is 5.58. The summed E-state index contributed by atoms with van der Waals surface area (Å²) in [5, 5.41) is 1.38. The fourth-order valence-electron chi connectivity index (χ4n) is 1.63. The van der Waals surface area contributed by atoms with Gasteiger partial charge in [0.2, 0.25) is 0 Å². The Morgan fingerprint density at radius 2 is 2.00 bits per heavy atom. The van der Waals surface area contributed by atoms with E-state index in [0.717, 1.165) is 0 Å². The maximum absolute atomic E-state index is 3.29. The summed E-state index contributed by atoms with van der Waals surface area (Å²) in [6, 6.07) is 4.32. The lowest BCUT2D eigenvalue weighted by atomic mass is 10.1. The van der Waals surface area contributed by atoms with Gasteiger partial charge in [-0.2, -0.15) is 0 Å². The van der Waals surface area contributed by atoms with Crippen LogP contribution in [0.4, 0.5) is 0 Å². The van der Waals surface area contributed by atoms with E-state index in [9.17, 15) is 0 Å². The number of hydrogen-bond donors (Lipinski definition) is 1. The van der Waals surface area contributed by atoms with E-state index < -0.39 is 0 Å². The Morgan fingerprint density at radius 1 is 1.23 bits per heavy atom. The van der Waals surface area contributed by atoms with Crippen molar-refractivity contribution in [3.05, 3.63) is 29.5 Å². The molecule has 13 heavy (non-hydrogen) atoms. The number of thioether (sulfide) groups is 1. The van der Waals surface area contributed by atoms with Crippen molar-refractivity contribution in [2.24, 2.45) is 0 Å². The van der Waals surface area contributed by atoms with E-state index in [1.807, 2.05) is 0 Å². The van der Waals surface area contributed by atoms with Gasteiger partial charge in [0.1, 0.15) is 0 Å². The van der Waals surface area contributed by atoms with Crippen LogP contribution in [0.15, 0.2) is 23.2 Å². The third-order valence-corrected chi connectivity index (χ3v) is 3.32.